The van der Waals surface area contributed by atoms with E-state index in [0.29, 0.717) is 6.54 Å². The summed E-state index contributed by atoms with van der Waals surface area (Å²) in [5.41, 5.74) is 9.19. The Labute approximate surface area is 126 Å². The summed E-state index contributed by atoms with van der Waals surface area (Å²) in [6.07, 6.45) is 0.914. The van der Waals surface area contributed by atoms with Crippen LogP contribution >= 0.6 is 0 Å². The number of hydrogen-bond acceptors (Lipinski definition) is 4. The van der Waals surface area contributed by atoms with Gasteiger partial charge in [-0.05, 0) is 41.8 Å². The lowest BCUT2D eigenvalue weighted by atomic mass is 10.1. The predicted molar refractivity (Wildman–Crippen MR) is 86.6 cm³/mol. The van der Waals surface area contributed by atoms with Crippen LogP contribution in [0, 0.1) is 0 Å². The van der Waals surface area contributed by atoms with Gasteiger partial charge < -0.3 is 15.4 Å². The first kappa shape index (κ1) is 15.3. The van der Waals surface area contributed by atoms with Crippen LogP contribution < -0.4 is 15.4 Å². The van der Waals surface area contributed by atoms with E-state index in [9.17, 15) is 0 Å². The van der Waals surface area contributed by atoms with E-state index < -0.39 is 0 Å². The number of nitrogens with two attached hydrogens (primary N) is 1. The van der Waals surface area contributed by atoms with Crippen molar-refractivity contribution in [2.45, 2.75) is 26.4 Å². The van der Waals surface area contributed by atoms with Crippen molar-refractivity contribution in [3.63, 3.8) is 0 Å². The molecular weight excluding hydrogens is 262 g/mol. The van der Waals surface area contributed by atoms with Crippen molar-refractivity contribution in [2.24, 2.45) is 5.73 Å². The van der Waals surface area contributed by atoms with Gasteiger partial charge >= 0.3 is 0 Å². The van der Waals surface area contributed by atoms with Gasteiger partial charge in [-0.15, -0.1) is 0 Å². The van der Waals surface area contributed by atoms with Crippen LogP contribution in [0.15, 0.2) is 36.4 Å². The van der Waals surface area contributed by atoms with E-state index in [4.69, 9.17) is 10.5 Å². The molecule has 2 aromatic rings. The summed E-state index contributed by atoms with van der Waals surface area (Å²) >= 11 is 0. The molecule has 0 unspecified atom stereocenters. The molecule has 0 aliphatic heterocycles. The second-order valence-electron chi connectivity index (χ2n) is 5.09. The molecule has 1 heterocycles. The molecule has 112 valence electrons. The van der Waals surface area contributed by atoms with Gasteiger partial charge in [0.05, 0.1) is 7.11 Å². The number of ether oxygens (including phenoxy) is 1. The molecule has 4 heteroatoms. The Bertz CT molecular complexity index is 559. The van der Waals surface area contributed by atoms with Crippen molar-refractivity contribution < 1.29 is 4.74 Å². The Kier molecular flexibility index (Phi) is 5.17. The number of anilines is 1. The number of aromatic nitrogens is 1. The summed E-state index contributed by atoms with van der Waals surface area (Å²) in [6, 6.07) is 12.2. The lowest BCUT2D eigenvalue weighted by Gasteiger charge is -2.20. The van der Waals surface area contributed by atoms with Gasteiger partial charge in [-0.2, -0.15) is 0 Å². The highest BCUT2D eigenvalue weighted by Crippen LogP contribution is 2.18. The quantitative estimate of drug-likeness (QED) is 0.886. The molecule has 0 radical (unpaired) electrons. The first-order valence-corrected chi connectivity index (χ1v) is 7.20. The Morgan fingerprint density at radius 3 is 2.43 bits per heavy atom. The molecule has 0 spiro atoms. The first-order chi connectivity index (χ1) is 10.2. The maximum Gasteiger partial charge on any atom is 0.129 e. The number of hydrogen-bond donors (Lipinski definition) is 1. The van der Waals surface area contributed by atoms with Crippen LogP contribution in [-0.4, -0.2) is 19.1 Å². The third-order valence-corrected chi connectivity index (χ3v) is 3.49. The van der Waals surface area contributed by atoms with Crippen LogP contribution in [0.5, 0.6) is 5.75 Å². The molecule has 0 fully saturated rings. The van der Waals surface area contributed by atoms with Crippen molar-refractivity contribution in [3.05, 3.63) is 53.2 Å². The Morgan fingerprint density at radius 2 is 1.86 bits per heavy atom. The molecule has 2 rings (SSSR count). The smallest absolute Gasteiger partial charge is 0.129 e. The highest BCUT2D eigenvalue weighted by Gasteiger charge is 2.07. The van der Waals surface area contributed by atoms with E-state index in [1.54, 1.807) is 7.11 Å². The van der Waals surface area contributed by atoms with Crippen LogP contribution in [0.2, 0.25) is 0 Å². The van der Waals surface area contributed by atoms with Crippen LogP contribution in [0.3, 0.4) is 0 Å². The molecule has 0 atom stereocenters. The number of benzene rings is 1. The zero-order chi connectivity index (χ0) is 15.2. The summed E-state index contributed by atoms with van der Waals surface area (Å²) in [5.74, 6) is 1.84. The Hall–Kier alpha value is -2.07. The summed E-state index contributed by atoms with van der Waals surface area (Å²) in [7, 11) is 3.72. The van der Waals surface area contributed by atoms with Crippen molar-refractivity contribution in [2.75, 3.05) is 19.1 Å². The standard InChI is InChI=1S/C17H23N3O/c1-4-15-9-14(11-18)10-17(19-15)20(2)12-13-5-7-16(21-3)8-6-13/h5-10H,4,11-12,18H2,1-3H3. The zero-order valence-electron chi connectivity index (χ0n) is 13.0. The van der Waals surface area contributed by atoms with E-state index in [1.165, 1.54) is 5.56 Å². The molecule has 0 aliphatic rings. The van der Waals surface area contributed by atoms with E-state index in [0.717, 1.165) is 35.8 Å². The summed E-state index contributed by atoms with van der Waals surface area (Å²) in [5, 5.41) is 0. The lowest BCUT2D eigenvalue weighted by molar-refractivity contribution is 0.414. The lowest BCUT2D eigenvalue weighted by Crippen LogP contribution is -2.18. The third kappa shape index (κ3) is 3.95. The summed E-state index contributed by atoms with van der Waals surface area (Å²) in [6.45, 7) is 3.45. The fraction of sp³-hybridized carbons (Fsp3) is 0.353. The molecular formula is C17H23N3O. The maximum atomic E-state index is 5.77. The van der Waals surface area contributed by atoms with E-state index >= 15 is 0 Å². The molecule has 0 amide bonds. The van der Waals surface area contributed by atoms with E-state index in [1.807, 2.05) is 19.2 Å². The molecule has 1 aromatic heterocycles. The first-order valence-electron chi connectivity index (χ1n) is 7.20. The largest absolute Gasteiger partial charge is 0.497 e. The third-order valence-electron chi connectivity index (χ3n) is 3.49. The van der Waals surface area contributed by atoms with Gasteiger partial charge in [0.2, 0.25) is 0 Å². The molecule has 0 bridgehead atoms. The molecule has 2 N–H and O–H groups in total. The van der Waals surface area contributed by atoms with Gasteiger partial charge in [-0.3, -0.25) is 0 Å². The highest BCUT2D eigenvalue weighted by molar-refractivity contribution is 5.43. The molecule has 1 aromatic carbocycles. The predicted octanol–water partition coefficient (Wildman–Crippen LogP) is 2.75. The van der Waals surface area contributed by atoms with Crippen LogP contribution in [0.4, 0.5) is 5.82 Å². The average molecular weight is 285 g/mol. The molecule has 0 aliphatic carbocycles. The normalized spacial score (nSPS) is 10.5. The van der Waals surface area contributed by atoms with Gasteiger partial charge in [0.25, 0.3) is 0 Å². The topological polar surface area (TPSA) is 51.4 Å². The summed E-state index contributed by atoms with van der Waals surface area (Å²) in [4.78, 5) is 6.81. The maximum absolute atomic E-state index is 5.77. The van der Waals surface area contributed by atoms with E-state index in [2.05, 4.69) is 41.1 Å². The van der Waals surface area contributed by atoms with Crippen LogP contribution in [0.1, 0.15) is 23.7 Å². The van der Waals surface area contributed by atoms with E-state index in [-0.39, 0.29) is 0 Å². The van der Waals surface area contributed by atoms with Crippen molar-refractivity contribution in [1.29, 1.82) is 0 Å². The minimum Gasteiger partial charge on any atom is -0.497 e. The number of nitrogens with zero attached hydrogens (tertiary/aromatic N) is 2. The van der Waals surface area contributed by atoms with Crippen LogP contribution in [0.25, 0.3) is 0 Å². The molecule has 0 saturated heterocycles. The summed E-state index contributed by atoms with van der Waals surface area (Å²) < 4.78 is 5.18. The van der Waals surface area contributed by atoms with Crippen molar-refractivity contribution in [1.82, 2.24) is 4.98 Å². The number of aryl methyl sites for hydroxylation is 1. The number of pyridine rings is 1. The number of methoxy groups -OCH3 is 1. The Morgan fingerprint density at radius 1 is 1.14 bits per heavy atom. The fourth-order valence-electron chi connectivity index (χ4n) is 2.21. The number of rotatable bonds is 6. The van der Waals surface area contributed by atoms with Gasteiger partial charge in [-0.1, -0.05) is 19.1 Å². The van der Waals surface area contributed by atoms with Crippen molar-refractivity contribution >= 4 is 5.82 Å². The molecule has 21 heavy (non-hydrogen) atoms. The molecule has 4 nitrogen and oxygen atoms in total. The highest BCUT2D eigenvalue weighted by atomic mass is 16.5. The second-order valence-corrected chi connectivity index (χ2v) is 5.09. The molecule has 0 saturated carbocycles. The van der Waals surface area contributed by atoms with Gasteiger partial charge in [-0.25, -0.2) is 4.98 Å². The van der Waals surface area contributed by atoms with Crippen molar-refractivity contribution in [3.8, 4) is 5.75 Å². The Balaban J connectivity index is 2.16. The average Bonchev–Trinajstić information content (AvgIpc) is 2.54. The fourth-order valence-corrected chi connectivity index (χ4v) is 2.21. The van der Waals surface area contributed by atoms with Gasteiger partial charge in [0.15, 0.2) is 0 Å². The van der Waals surface area contributed by atoms with Gasteiger partial charge in [0.1, 0.15) is 11.6 Å². The monoisotopic (exact) mass is 285 g/mol. The minimum absolute atomic E-state index is 0.541. The van der Waals surface area contributed by atoms with Gasteiger partial charge in [0, 0.05) is 25.8 Å². The van der Waals surface area contributed by atoms with Crippen LogP contribution in [-0.2, 0) is 19.5 Å². The second kappa shape index (κ2) is 7.09. The zero-order valence-corrected chi connectivity index (χ0v) is 13.0. The SMILES string of the molecule is CCc1cc(CN)cc(N(C)Cc2ccc(OC)cc2)n1. The minimum atomic E-state index is 0.541.